The third-order valence-corrected chi connectivity index (χ3v) is 3.52. The smallest absolute Gasteiger partial charge is 0.272 e. The Kier molecular flexibility index (Phi) is 4.35. The molecule has 3 rings (SSSR count). The van der Waals surface area contributed by atoms with E-state index in [4.69, 9.17) is 16.3 Å². The molecule has 0 spiro atoms. The molecule has 0 saturated heterocycles. The van der Waals surface area contributed by atoms with E-state index in [-0.39, 0.29) is 5.91 Å². The van der Waals surface area contributed by atoms with Crippen molar-refractivity contribution in [2.75, 3.05) is 5.32 Å². The Labute approximate surface area is 139 Å². The second-order valence-corrected chi connectivity index (χ2v) is 5.46. The van der Waals surface area contributed by atoms with Crippen molar-refractivity contribution < 1.29 is 9.53 Å². The summed E-state index contributed by atoms with van der Waals surface area (Å²) in [7, 11) is 1.77. The van der Waals surface area contributed by atoms with Crippen molar-refractivity contribution in [3.8, 4) is 11.5 Å². The van der Waals surface area contributed by atoms with Gasteiger partial charge in [0.1, 0.15) is 11.4 Å². The lowest BCUT2D eigenvalue weighted by molar-refractivity contribution is 0.101. The SMILES string of the molecule is Cn1cc(Cl)cc1C(=O)Nc1ccccc1Oc1ccccc1. The molecule has 2 aromatic carbocycles. The van der Waals surface area contributed by atoms with E-state index in [1.165, 1.54) is 0 Å². The minimum Gasteiger partial charge on any atom is -0.455 e. The van der Waals surface area contributed by atoms with Crippen LogP contribution in [0.2, 0.25) is 5.02 Å². The summed E-state index contributed by atoms with van der Waals surface area (Å²) in [5, 5.41) is 3.38. The van der Waals surface area contributed by atoms with Crippen LogP contribution in [-0.2, 0) is 7.05 Å². The van der Waals surface area contributed by atoms with Gasteiger partial charge in [-0.3, -0.25) is 4.79 Å². The van der Waals surface area contributed by atoms with Crippen LogP contribution in [0.4, 0.5) is 5.69 Å². The molecule has 3 aromatic rings. The van der Waals surface area contributed by atoms with Gasteiger partial charge in [-0.25, -0.2) is 0 Å². The highest BCUT2D eigenvalue weighted by molar-refractivity contribution is 6.31. The summed E-state index contributed by atoms with van der Waals surface area (Å²) in [5.41, 5.74) is 1.07. The molecular formula is C18H15ClN2O2. The van der Waals surface area contributed by atoms with Crippen LogP contribution in [0.1, 0.15) is 10.5 Å². The number of benzene rings is 2. The molecule has 0 bridgehead atoms. The molecule has 0 radical (unpaired) electrons. The Morgan fingerprint density at radius 3 is 2.48 bits per heavy atom. The van der Waals surface area contributed by atoms with Crippen LogP contribution in [0, 0.1) is 0 Å². The van der Waals surface area contributed by atoms with Crippen LogP contribution in [0.3, 0.4) is 0 Å². The molecule has 0 aliphatic rings. The Bertz CT molecular complexity index is 828. The largest absolute Gasteiger partial charge is 0.455 e. The third-order valence-electron chi connectivity index (χ3n) is 3.31. The first kappa shape index (κ1) is 15.2. The van der Waals surface area contributed by atoms with Gasteiger partial charge in [-0.1, -0.05) is 41.9 Å². The maximum Gasteiger partial charge on any atom is 0.272 e. The van der Waals surface area contributed by atoms with Crippen molar-refractivity contribution in [3.05, 3.63) is 77.6 Å². The van der Waals surface area contributed by atoms with Crippen LogP contribution in [-0.4, -0.2) is 10.5 Å². The molecule has 0 atom stereocenters. The van der Waals surface area contributed by atoms with Crippen LogP contribution in [0.25, 0.3) is 0 Å². The van der Waals surface area contributed by atoms with Crippen LogP contribution >= 0.6 is 11.6 Å². The molecule has 1 N–H and O–H groups in total. The number of halogens is 1. The molecule has 0 unspecified atom stereocenters. The molecule has 116 valence electrons. The van der Waals surface area contributed by atoms with Crippen molar-refractivity contribution in [3.63, 3.8) is 0 Å². The van der Waals surface area contributed by atoms with Gasteiger partial charge in [0.05, 0.1) is 10.7 Å². The number of para-hydroxylation sites is 3. The minimum absolute atomic E-state index is 0.247. The molecule has 4 nitrogen and oxygen atoms in total. The van der Waals surface area contributed by atoms with Gasteiger partial charge in [-0.05, 0) is 30.3 Å². The monoisotopic (exact) mass is 326 g/mol. The summed E-state index contributed by atoms with van der Waals surface area (Å²) in [6.45, 7) is 0. The van der Waals surface area contributed by atoms with Gasteiger partial charge in [-0.15, -0.1) is 0 Å². The highest BCUT2D eigenvalue weighted by atomic mass is 35.5. The van der Waals surface area contributed by atoms with Gasteiger partial charge in [0.15, 0.2) is 5.75 Å². The molecule has 5 heteroatoms. The number of hydrogen-bond donors (Lipinski definition) is 1. The first-order chi connectivity index (χ1) is 11.1. The van der Waals surface area contributed by atoms with E-state index in [0.717, 1.165) is 0 Å². The number of ether oxygens (including phenoxy) is 1. The Morgan fingerprint density at radius 1 is 1.09 bits per heavy atom. The fourth-order valence-electron chi connectivity index (χ4n) is 2.21. The van der Waals surface area contributed by atoms with Crippen molar-refractivity contribution in [2.45, 2.75) is 0 Å². The summed E-state index contributed by atoms with van der Waals surface area (Å²) >= 11 is 5.93. The molecule has 0 aliphatic heterocycles. The standard InChI is InChI=1S/C18H15ClN2O2/c1-21-12-13(19)11-16(21)18(22)20-15-9-5-6-10-17(15)23-14-7-3-2-4-8-14/h2-12H,1H3,(H,20,22). The second kappa shape index (κ2) is 6.58. The van der Waals surface area contributed by atoms with Crippen molar-refractivity contribution >= 4 is 23.2 Å². The molecule has 23 heavy (non-hydrogen) atoms. The summed E-state index contributed by atoms with van der Waals surface area (Å²) in [4.78, 5) is 12.4. The topological polar surface area (TPSA) is 43.3 Å². The van der Waals surface area contributed by atoms with Gasteiger partial charge in [0.25, 0.3) is 5.91 Å². The van der Waals surface area contributed by atoms with E-state index in [2.05, 4.69) is 5.32 Å². The average Bonchev–Trinajstić information content (AvgIpc) is 2.89. The van der Waals surface area contributed by atoms with Crippen molar-refractivity contribution in [1.82, 2.24) is 4.57 Å². The lowest BCUT2D eigenvalue weighted by atomic mass is 10.2. The highest BCUT2D eigenvalue weighted by Crippen LogP contribution is 2.29. The van der Waals surface area contributed by atoms with Crippen LogP contribution < -0.4 is 10.1 Å². The van der Waals surface area contributed by atoms with Crippen molar-refractivity contribution in [1.29, 1.82) is 0 Å². The van der Waals surface area contributed by atoms with Gasteiger partial charge in [-0.2, -0.15) is 0 Å². The molecule has 0 fully saturated rings. The first-order valence-corrected chi connectivity index (χ1v) is 7.46. The van der Waals surface area contributed by atoms with Gasteiger partial charge >= 0.3 is 0 Å². The molecule has 1 amide bonds. The Morgan fingerprint density at radius 2 is 1.78 bits per heavy atom. The lowest BCUT2D eigenvalue weighted by Gasteiger charge is -2.12. The maximum absolute atomic E-state index is 12.4. The van der Waals surface area contributed by atoms with E-state index in [0.29, 0.717) is 27.9 Å². The predicted octanol–water partition coefficient (Wildman–Crippen LogP) is 4.72. The number of aryl methyl sites for hydroxylation is 1. The van der Waals surface area contributed by atoms with E-state index in [1.807, 2.05) is 42.5 Å². The number of aromatic nitrogens is 1. The number of anilines is 1. The number of carbonyl (C=O) groups excluding carboxylic acids is 1. The average molecular weight is 327 g/mol. The van der Waals surface area contributed by atoms with Crippen molar-refractivity contribution in [2.24, 2.45) is 7.05 Å². The van der Waals surface area contributed by atoms with E-state index >= 15 is 0 Å². The number of nitrogens with one attached hydrogen (secondary N) is 1. The molecule has 1 heterocycles. The first-order valence-electron chi connectivity index (χ1n) is 7.08. The van der Waals surface area contributed by atoms with Gasteiger partial charge < -0.3 is 14.6 Å². The summed E-state index contributed by atoms with van der Waals surface area (Å²) in [6, 6.07) is 18.3. The fourth-order valence-corrected chi connectivity index (χ4v) is 2.46. The predicted molar refractivity (Wildman–Crippen MR) is 91.3 cm³/mol. The van der Waals surface area contributed by atoms with E-state index in [1.54, 1.807) is 36.0 Å². The Hall–Kier alpha value is -2.72. The molecule has 0 aliphatic carbocycles. The maximum atomic E-state index is 12.4. The Balaban J connectivity index is 1.83. The molecular weight excluding hydrogens is 312 g/mol. The number of carbonyl (C=O) groups is 1. The molecule has 0 saturated carbocycles. The van der Waals surface area contributed by atoms with E-state index in [9.17, 15) is 4.79 Å². The third kappa shape index (κ3) is 3.55. The summed E-state index contributed by atoms with van der Waals surface area (Å²) in [5.74, 6) is 1.03. The summed E-state index contributed by atoms with van der Waals surface area (Å²) < 4.78 is 7.51. The van der Waals surface area contributed by atoms with Gasteiger partial charge in [0, 0.05) is 13.2 Å². The van der Waals surface area contributed by atoms with Crippen LogP contribution in [0.5, 0.6) is 11.5 Å². The quantitative estimate of drug-likeness (QED) is 0.753. The zero-order valence-corrected chi connectivity index (χ0v) is 13.2. The fraction of sp³-hybridized carbons (Fsp3) is 0.0556. The second-order valence-electron chi connectivity index (χ2n) is 5.02. The zero-order valence-electron chi connectivity index (χ0n) is 12.5. The van der Waals surface area contributed by atoms with Gasteiger partial charge in [0.2, 0.25) is 0 Å². The van der Waals surface area contributed by atoms with E-state index < -0.39 is 0 Å². The highest BCUT2D eigenvalue weighted by Gasteiger charge is 2.14. The minimum atomic E-state index is -0.247. The number of nitrogens with zero attached hydrogens (tertiary/aromatic N) is 1. The normalized spacial score (nSPS) is 10.3. The molecule has 1 aromatic heterocycles. The number of rotatable bonds is 4. The number of hydrogen-bond acceptors (Lipinski definition) is 2. The summed E-state index contributed by atoms with van der Waals surface area (Å²) in [6.07, 6.45) is 1.68. The zero-order chi connectivity index (χ0) is 16.2. The van der Waals surface area contributed by atoms with Crippen LogP contribution in [0.15, 0.2) is 66.9 Å². The lowest BCUT2D eigenvalue weighted by Crippen LogP contribution is -2.15. The number of amides is 1.